The van der Waals surface area contributed by atoms with E-state index in [1.807, 2.05) is 26.0 Å². The number of aryl methyl sites for hydroxylation is 2. The Hall–Kier alpha value is -1.67. The van der Waals surface area contributed by atoms with E-state index in [4.69, 9.17) is 5.11 Å². The summed E-state index contributed by atoms with van der Waals surface area (Å²) in [6.07, 6.45) is 4.88. The van der Waals surface area contributed by atoms with Crippen molar-refractivity contribution in [1.29, 1.82) is 0 Å². The maximum absolute atomic E-state index is 9.04. The number of phenolic OH excluding ortho intramolecular Hbond substituents is 1. The molecule has 178 valence electrons. The summed E-state index contributed by atoms with van der Waals surface area (Å²) in [5.74, 6) is 0.376. The number of fused-ring (bicyclic) bond motifs is 2. The minimum absolute atomic E-state index is 0. The Morgan fingerprint density at radius 1 is 0.706 bits per heavy atom. The van der Waals surface area contributed by atoms with Gasteiger partial charge in [0.2, 0.25) is 0 Å². The number of aromatic hydroxyl groups is 1. The van der Waals surface area contributed by atoms with Crippen LogP contribution in [0.2, 0.25) is 9.26 Å². The van der Waals surface area contributed by atoms with Crippen molar-refractivity contribution in [3.63, 3.8) is 0 Å². The summed E-state index contributed by atoms with van der Waals surface area (Å²) in [5, 5.41) is 9.04. The normalized spacial score (nSPS) is 18.6. The number of phenols is 1. The summed E-state index contributed by atoms with van der Waals surface area (Å²) in [6, 6.07) is 23.7. The summed E-state index contributed by atoms with van der Waals surface area (Å²) in [4.78, 5) is 0. The molecule has 2 unspecified atom stereocenters. The second kappa shape index (κ2) is 9.76. The Morgan fingerprint density at radius 3 is 1.56 bits per heavy atom. The third-order valence-electron chi connectivity index (χ3n) is 7.54. The van der Waals surface area contributed by atoms with Crippen LogP contribution < -0.4 is 0 Å². The number of rotatable bonds is 2. The Balaban J connectivity index is 0.000000275. The topological polar surface area (TPSA) is 20.2 Å². The number of hydrogen-bond donors (Lipinski definition) is 1. The van der Waals surface area contributed by atoms with Gasteiger partial charge in [-0.1, -0.05) is 17.7 Å². The van der Waals surface area contributed by atoms with Gasteiger partial charge in [-0.05, 0) is 25.5 Å². The zero-order valence-electron chi connectivity index (χ0n) is 21.2. The first-order valence-corrected chi connectivity index (χ1v) is 25.5. The minimum atomic E-state index is -3.15. The molecule has 0 bridgehead atoms. The van der Waals surface area contributed by atoms with E-state index in [9.17, 15) is 0 Å². The molecule has 1 nitrogen and oxygen atoms in total. The standard InChI is InChI=1S/2C10H9.C8H10O.2CH3.ClH.H2Si.Zr/c2*1-8-6-9-4-2-3-5-10(9)7-8;1-6-3-4-8(9)7(2)5-6;;;;;/h2*2-7H,1H3;3-5,9H,1-2H3;2*1H3;1H;1H2;. The average molecular weight is 568 g/mol. The van der Waals surface area contributed by atoms with Crippen molar-refractivity contribution < 1.29 is 22.5 Å². The van der Waals surface area contributed by atoms with Crippen molar-refractivity contribution in [1.82, 2.24) is 0 Å². The molecule has 2 aliphatic carbocycles. The van der Waals surface area contributed by atoms with Gasteiger partial charge in [0.25, 0.3) is 0 Å². The summed E-state index contributed by atoms with van der Waals surface area (Å²) in [7, 11) is 0. The maximum Gasteiger partial charge on any atom is 0.118 e. The summed E-state index contributed by atoms with van der Waals surface area (Å²) in [5.41, 5.74) is 11.3. The van der Waals surface area contributed by atoms with Crippen LogP contribution in [0.25, 0.3) is 12.2 Å². The fraction of sp³-hybridized carbons (Fsp3) is 0.267. The van der Waals surface area contributed by atoms with Crippen LogP contribution >= 0.6 is 12.4 Å². The quantitative estimate of drug-likeness (QED) is 0.310. The van der Waals surface area contributed by atoms with Crippen LogP contribution in [0.4, 0.5) is 0 Å². The van der Waals surface area contributed by atoms with Crippen LogP contribution in [-0.4, -0.2) is 12.0 Å². The molecule has 0 fully saturated rings. The summed E-state index contributed by atoms with van der Waals surface area (Å²) < 4.78 is 6.68. The second-order valence-corrected chi connectivity index (χ2v) is 41.6. The predicted molar refractivity (Wildman–Crippen MR) is 151 cm³/mol. The summed E-state index contributed by atoms with van der Waals surface area (Å²) in [6.45, 7) is 11.0. The zero-order valence-corrected chi connectivity index (χ0v) is 25.9. The van der Waals surface area contributed by atoms with Gasteiger partial charge in [-0.3, -0.25) is 0 Å². The zero-order chi connectivity index (χ0) is 24.0. The molecule has 0 spiro atoms. The van der Waals surface area contributed by atoms with Crippen molar-refractivity contribution in [2.45, 2.75) is 44.2 Å². The Bertz CT molecular complexity index is 1290. The fourth-order valence-electron chi connectivity index (χ4n) is 6.45. The van der Waals surface area contributed by atoms with Gasteiger partial charge in [-0.25, -0.2) is 0 Å². The van der Waals surface area contributed by atoms with E-state index in [1.54, 1.807) is 28.3 Å². The predicted octanol–water partition coefficient (Wildman–Crippen LogP) is 8.07. The van der Waals surface area contributed by atoms with Gasteiger partial charge in [-0.2, -0.15) is 0 Å². The van der Waals surface area contributed by atoms with E-state index in [1.165, 1.54) is 16.7 Å². The van der Waals surface area contributed by atoms with Crippen molar-refractivity contribution >= 4 is 31.4 Å². The van der Waals surface area contributed by atoms with Crippen LogP contribution in [0, 0.1) is 13.8 Å². The Morgan fingerprint density at radius 2 is 1.15 bits per heavy atom. The molecule has 3 aromatic rings. The first-order chi connectivity index (χ1) is 15.5. The third kappa shape index (κ3) is 4.85. The molecule has 0 radical (unpaired) electrons. The van der Waals surface area contributed by atoms with Gasteiger partial charge in [0.1, 0.15) is 5.75 Å². The van der Waals surface area contributed by atoms with E-state index in [2.05, 4.69) is 90.7 Å². The van der Waals surface area contributed by atoms with E-state index >= 15 is 0 Å². The van der Waals surface area contributed by atoms with Gasteiger partial charge in [0, 0.05) is 0 Å². The minimum Gasteiger partial charge on any atom is -0.508 e. The molecule has 0 saturated carbocycles. The molecule has 0 aliphatic heterocycles. The number of benzene rings is 3. The molecule has 34 heavy (non-hydrogen) atoms. The smallest absolute Gasteiger partial charge is 0.118 e. The van der Waals surface area contributed by atoms with Gasteiger partial charge in [0.05, 0.1) is 0 Å². The monoisotopic (exact) mass is 566 g/mol. The molecule has 3 aromatic carbocycles. The van der Waals surface area contributed by atoms with Crippen molar-refractivity contribution in [2.75, 3.05) is 0 Å². The third-order valence-corrected chi connectivity index (χ3v) is 25.5. The van der Waals surface area contributed by atoms with Crippen LogP contribution in [0.3, 0.4) is 0 Å². The Kier molecular flexibility index (Phi) is 7.73. The molecule has 0 saturated heterocycles. The van der Waals surface area contributed by atoms with E-state index < -0.39 is 17.4 Å². The molecular formula is C30H37ClOSiZr. The number of allylic oxidation sites excluding steroid dienone is 2. The molecule has 1 N–H and O–H groups in total. The van der Waals surface area contributed by atoms with Gasteiger partial charge in [0.15, 0.2) is 0 Å². The summed E-state index contributed by atoms with van der Waals surface area (Å²) >= 11 is -3.15. The maximum atomic E-state index is 9.04. The van der Waals surface area contributed by atoms with Gasteiger partial charge in [-0.15, -0.1) is 12.4 Å². The second-order valence-electron chi connectivity index (χ2n) is 11.1. The van der Waals surface area contributed by atoms with Gasteiger partial charge >= 0.3 is 149 Å². The average Bonchev–Trinajstić information content (AvgIpc) is 3.27. The van der Waals surface area contributed by atoms with E-state index in [0.717, 1.165) is 5.56 Å². The SMILES string of the molecule is CC1=Cc2ccccc2[CH]1[Zr]([CH3])([CH3])(=[SiH2])[CH]1C(C)=Cc2ccccc21.Cc1ccc(O)c(C)c1.Cl. The molecule has 0 amide bonds. The molecule has 4 heteroatoms. The fourth-order valence-corrected chi connectivity index (χ4v) is 27.8. The van der Waals surface area contributed by atoms with Crippen molar-refractivity contribution in [2.24, 2.45) is 0 Å². The van der Waals surface area contributed by atoms with E-state index in [-0.39, 0.29) is 12.4 Å². The van der Waals surface area contributed by atoms with Crippen LogP contribution in [0.15, 0.2) is 77.9 Å². The van der Waals surface area contributed by atoms with Crippen LogP contribution in [0.5, 0.6) is 5.75 Å². The molecule has 5 rings (SSSR count). The first-order valence-electron chi connectivity index (χ1n) is 11.9. The molecule has 2 atom stereocenters. The Labute approximate surface area is 213 Å². The van der Waals surface area contributed by atoms with E-state index in [0.29, 0.717) is 13.0 Å². The molecule has 0 heterocycles. The van der Waals surface area contributed by atoms with Crippen molar-refractivity contribution in [3.05, 3.63) is 111 Å². The number of hydrogen-bond acceptors (Lipinski definition) is 1. The number of halogens is 1. The van der Waals surface area contributed by atoms with Crippen LogP contribution in [0.1, 0.15) is 54.5 Å². The molecular weight excluding hydrogens is 531 g/mol. The van der Waals surface area contributed by atoms with Gasteiger partial charge < -0.3 is 5.11 Å². The van der Waals surface area contributed by atoms with Crippen LogP contribution in [-0.2, 0) is 17.4 Å². The largest absolute Gasteiger partial charge is 0.508 e. The molecule has 2 aliphatic rings. The van der Waals surface area contributed by atoms with Crippen molar-refractivity contribution in [3.8, 4) is 5.75 Å². The molecule has 0 aromatic heterocycles. The first kappa shape index (κ1) is 26.9.